The summed E-state index contributed by atoms with van der Waals surface area (Å²) in [5.41, 5.74) is 1.47. The fraction of sp³-hybridized carbons (Fsp3) is 0.133. The summed E-state index contributed by atoms with van der Waals surface area (Å²) >= 11 is 1.46. The van der Waals surface area contributed by atoms with Crippen molar-refractivity contribution in [3.63, 3.8) is 0 Å². The second kappa shape index (κ2) is 5.57. The van der Waals surface area contributed by atoms with Gasteiger partial charge < -0.3 is 14.8 Å². The molecule has 0 saturated heterocycles. The van der Waals surface area contributed by atoms with Crippen molar-refractivity contribution < 1.29 is 13.9 Å². The first-order valence-electron chi connectivity index (χ1n) is 6.25. The van der Waals surface area contributed by atoms with Crippen LogP contribution in [0.25, 0.3) is 10.2 Å². The highest BCUT2D eigenvalue weighted by molar-refractivity contribution is 7.22. The van der Waals surface area contributed by atoms with Crippen molar-refractivity contribution in [3.05, 3.63) is 42.2 Å². The third kappa shape index (κ3) is 2.75. The molecule has 0 aliphatic rings. The Morgan fingerprint density at radius 3 is 2.62 bits per heavy atom. The lowest BCUT2D eigenvalue weighted by Gasteiger charge is -2.09. The van der Waals surface area contributed by atoms with Gasteiger partial charge >= 0.3 is 0 Å². The van der Waals surface area contributed by atoms with Gasteiger partial charge in [-0.3, -0.25) is 0 Å². The van der Waals surface area contributed by atoms with Crippen LogP contribution in [0.5, 0.6) is 11.5 Å². The molecule has 0 spiro atoms. The van der Waals surface area contributed by atoms with Crippen molar-refractivity contribution in [1.29, 1.82) is 0 Å². The number of anilines is 2. The molecule has 2 aromatic carbocycles. The Balaban J connectivity index is 1.91. The largest absolute Gasteiger partial charge is 0.493 e. The second-order valence-electron chi connectivity index (χ2n) is 4.33. The summed E-state index contributed by atoms with van der Waals surface area (Å²) in [5, 5.41) is 3.89. The SMILES string of the molecule is COc1ccc(Nc2nc3cc(F)ccc3s2)cc1OC. The molecule has 0 saturated carbocycles. The lowest BCUT2D eigenvalue weighted by Crippen LogP contribution is -1.93. The predicted molar refractivity (Wildman–Crippen MR) is 82.4 cm³/mol. The van der Waals surface area contributed by atoms with E-state index >= 15 is 0 Å². The normalized spacial score (nSPS) is 10.6. The molecule has 0 unspecified atom stereocenters. The number of fused-ring (bicyclic) bond motifs is 1. The van der Waals surface area contributed by atoms with Crippen molar-refractivity contribution in [2.75, 3.05) is 19.5 Å². The molecule has 108 valence electrons. The highest BCUT2D eigenvalue weighted by atomic mass is 32.1. The molecular weight excluding hydrogens is 291 g/mol. The van der Waals surface area contributed by atoms with Gasteiger partial charge in [0.25, 0.3) is 0 Å². The molecule has 0 aliphatic heterocycles. The first-order valence-corrected chi connectivity index (χ1v) is 7.06. The highest BCUT2D eigenvalue weighted by Crippen LogP contribution is 2.33. The van der Waals surface area contributed by atoms with Crippen LogP contribution in [0.4, 0.5) is 15.2 Å². The lowest BCUT2D eigenvalue weighted by molar-refractivity contribution is 0.355. The number of hydrogen-bond acceptors (Lipinski definition) is 5. The molecule has 0 aliphatic carbocycles. The molecule has 21 heavy (non-hydrogen) atoms. The molecule has 3 aromatic rings. The third-order valence-corrected chi connectivity index (χ3v) is 3.94. The lowest BCUT2D eigenvalue weighted by atomic mass is 10.3. The van der Waals surface area contributed by atoms with Gasteiger partial charge in [-0.15, -0.1) is 0 Å². The zero-order chi connectivity index (χ0) is 14.8. The summed E-state index contributed by atoms with van der Waals surface area (Å²) in [4.78, 5) is 4.36. The average Bonchev–Trinajstić information content (AvgIpc) is 2.88. The Morgan fingerprint density at radius 2 is 1.86 bits per heavy atom. The van der Waals surface area contributed by atoms with Crippen LogP contribution < -0.4 is 14.8 Å². The van der Waals surface area contributed by atoms with Gasteiger partial charge in [0.2, 0.25) is 0 Å². The molecule has 6 heteroatoms. The van der Waals surface area contributed by atoms with Crippen molar-refractivity contribution >= 4 is 32.4 Å². The van der Waals surface area contributed by atoms with E-state index in [2.05, 4.69) is 10.3 Å². The maximum Gasteiger partial charge on any atom is 0.188 e. The van der Waals surface area contributed by atoms with Gasteiger partial charge in [0, 0.05) is 17.8 Å². The zero-order valence-electron chi connectivity index (χ0n) is 11.5. The summed E-state index contributed by atoms with van der Waals surface area (Å²) < 4.78 is 24.6. The fourth-order valence-corrected chi connectivity index (χ4v) is 2.86. The Hall–Kier alpha value is -2.34. The topological polar surface area (TPSA) is 43.4 Å². The van der Waals surface area contributed by atoms with Crippen molar-refractivity contribution in [3.8, 4) is 11.5 Å². The van der Waals surface area contributed by atoms with E-state index in [1.807, 2.05) is 18.2 Å². The van der Waals surface area contributed by atoms with Gasteiger partial charge in [-0.1, -0.05) is 11.3 Å². The Morgan fingerprint density at radius 1 is 1.05 bits per heavy atom. The first-order chi connectivity index (χ1) is 10.2. The molecule has 1 heterocycles. The first kappa shape index (κ1) is 13.6. The molecule has 1 N–H and O–H groups in total. The highest BCUT2D eigenvalue weighted by Gasteiger charge is 2.08. The number of methoxy groups -OCH3 is 2. The Kier molecular flexibility index (Phi) is 3.62. The maximum absolute atomic E-state index is 13.2. The van der Waals surface area contributed by atoms with Crippen LogP contribution in [0.1, 0.15) is 0 Å². The van der Waals surface area contributed by atoms with Crippen LogP contribution in [0, 0.1) is 5.82 Å². The van der Waals surface area contributed by atoms with Gasteiger partial charge in [0.15, 0.2) is 16.6 Å². The number of halogens is 1. The Labute approximate surface area is 125 Å². The summed E-state index contributed by atoms with van der Waals surface area (Å²) in [6.07, 6.45) is 0. The molecule has 0 atom stereocenters. The number of benzene rings is 2. The van der Waals surface area contributed by atoms with E-state index < -0.39 is 0 Å². The average molecular weight is 304 g/mol. The zero-order valence-corrected chi connectivity index (χ0v) is 12.3. The van der Waals surface area contributed by atoms with Crippen molar-refractivity contribution in [1.82, 2.24) is 4.98 Å². The van der Waals surface area contributed by atoms with E-state index in [-0.39, 0.29) is 5.82 Å². The van der Waals surface area contributed by atoms with Crippen LogP contribution in [0.15, 0.2) is 36.4 Å². The molecular formula is C15H13FN2O2S. The van der Waals surface area contributed by atoms with E-state index in [4.69, 9.17) is 9.47 Å². The van der Waals surface area contributed by atoms with E-state index in [1.165, 1.54) is 23.5 Å². The number of nitrogens with one attached hydrogen (secondary N) is 1. The monoisotopic (exact) mass is 304 g/mol. The van der Waals surface area contributed by atoms with Gasteiger partial charge in [0.05, 0.1) is 24.4 Å². The van der Waals surface area contributed by atoms with Crippen LogP contribution >= 0.6 is 11.3 Å². The minimum absolute atomic E-state index is 0.287. The van der Waals surface area contributed by atoms with Gasteiger partial charge in [-0.05, 0) is 24.3 Å². The third-order valence-electron chi connectivity index (χ3n) is 2.98. The van der Waals surface area contributed by atoms with Crippen LogP contribution in [-0.4, -0.2) is 19.2 Å². The number of rotatable bonds is 4. The standard InChI is InChI=1S/C15H13FN2O2S/c1-19-12-5-4-10(8-13(12)20-2)17-15-18-11-7-9(16)3-6-14(11)21-15/h3-8H,1-2H3,(H,17,18). The quantitative estimate of drug-likeness (QED) is 0.784. The number of hydrogen-bond donors (Lipinski definition) is 1. The van der Waals surface area contributed by atoms with Gasteiger partial charge in [0.1, 0.15) is 5.82 Å². The number of thiazole rings is 1. The summed E-state index contributed by atoms with van der Waals surface area (Å²) in [7, 11) is 3.18. The summed E-state index contributed by atoms with van der Waals surface area (Å²) in [6, 6.07) is 10.1. The van der Waals surface area contributed by atoms with E-state index in [1.54, 1.807) is 20.3 Å². The fourth-order valence-electron chi connectivity index (χ4n) is 1.99. The number of nitrogens with zero attached hydrogens (tertiary/aromatic N) is 1. The number of aromatic nitrogens is 1. The van der Waals surface area contributed by atoms with E-state index in [0.717, 1.165) is 10.4 Å². The van der Waals surface area contributed by atoms with Crippen molar-refractivity contribution in [2.24, 2.45) is 0 Å². The predicted octanol–water partition coefficient (Wildman–Crippen LogP) is 4.20. The molecule has 3 rings (SSSR count). The van der Waals surface area contributed by atoms with Crippen LogP contribution in [-0.2, 0) is 0 Å². The summed E-state index contributed by atoms with van der Waals surface area (Å²) in [5.74, 6) is 1.01. The molecule has 0 bridgehead atoms. The van der Waals surface area contributed by atoms with Crippen LogP contribution in [0.2, 0.25) is 0 Å². The maximum atomic E-state index is 13.2. The molecule has 0 radical (unpaired) electrons. The number of ether oxygens (including phenoxy) is 2. The Bertz CT molecular complexity index is 788. The smallest absolute Gasteiger partial charge is 0.188 e. The minimum Gasteiger partial charge on any atom is -0.493 e. The van der Waals surface area contributed by atoms with Gasteiger partial charge in [-0.25, -0.2) is 9.37 Å². The summed E-state index contributed by atoms with van der Waals surface area (Å²) in [6.45, 7) is 0. The minimum atomic E-state index is -0.287. The van der Waals surface area contributed by atoms with Gasteiger partial charge in [-0.2, -0.15) is 0 Å². The molecule has 1 aromatic heterocycles. The van der Waals surface area contributed by atoms with E-state index in [0.29, 0.717) is 22.1 Å². The molecule has 0 amide bonds. The second-order valence-corrected chi connectivity index (χ2v) is 5.36. The van der Waals surface area contributed by atoms with Crippen molar-refractivity contribution in [2.45, 2.75) is 0 Å². The van der Waals surface area contributed by atoms with E-state index in [9.17, 15) is 4.39 Å². The molecule has 0 fully saturated rings. The van der Waals surface area contributed by atoms with Crippen LogP contribution in [0.3, 0.4) is 0 Å². The molecule has 4 nitrogen and oxygen atoms in total.